The van der Waals surface area contributed by atoms with E-state index in [1.807, 2.05) is 29.7 Å². The molecule has 0 saturated heterocycles. The van der Waals surface area contributed by atoms with E-state index in [1.165, 1.54) is 12.1 Å². The van der Waals surface area contributed by atoms with E-state index in [0.29, 0.717) is 22.5 Å². The summed E-state index contributed by atoms with van der Waals surface area (Å²) in [4.78, 5) is 20.4. The Labute approximate surface area is 174 Å². The Morgan fingerprint density at radius 2 is 2.17 bits per heavy atom. The van der Waals surface area contributed by atoms with Gasteiger partial charge in [-0.15, -0.1) is 0 Å². The van der Waals surface area contributed by atoms with E-state index in [9.17, 15) is 14.3 Å². The molecule has 1 fully saturated rings. The highest BCUT2D eigenvalue weighted by molar-refractivity contribution is 5.93. The molecule has 1 aliphatic rings. The van der Waals surface area contributed by atoms with Crippen molar-refractivity contribution in [3.8, 4) is 0 Å². The maximum Gasteiger partial charge on any atom is 0.229 e. The van der Waals surface area contributed by atoms with Crippen LogP contribution in [0, 0.1) is 19.3 Å². The first-order valence-electron chi connectivity index (χ1n) is 9.97. The molecule has 1 heterocycles. The molecule has 0 bridgehead atoms. The number of benzene rings is 2. The fourth-order valence-corrected chi connectivity index (χ4v) is 3.86. The number of amides is 1. The zero-order chi connectivity index (χ0) is 21.5. The Morgan fingerprint density at radius 3 is 2.80 bits per heavy atom. The third-order valence-electron chi connectivity index (χ3n) is 5.71. The second-order valence-corrected chi connectivity index (χ2v) is 8.16. The van der Waals surface area contributed by atoms with Crippen LogP contribution in [0.1, 0.15) is 49.8 Å². The molecule has 0 aliphatic heterocycles. The molecule has 30 heavy (non-hydrogen) atoms. The smallest absolute Gasteiger partial charge is 0.229 e. The monoisotopic (exact) mass is 406 g/mol. The number of anilines is 1. The molecule has 0 radical (unpaired) electrons. The van der Waals surface area contributed by atoms with Crippen LogP contribution >= 0.6 is 0 Å². The minimum absolute atomic E-state index is 0.0665. The average molecular weight is 406 g/mol. The van der Waals surface area contributed by atoms with Gasteiger partial charge in [0.2, 0.25) is 17.5 Å². The maximum atomic E-state index is 14.1. The lowest BCUT2D eigenvalue weighted by Gasteiger charge is -2.29. The number of aliphatic hydroxyl groups is 1. The summed E-state index contributed by atoms with van der Waals surface area (Å²) < 4.78 is 16.0. The summed E-state index contributed by atoms with van der Waals surface area (Å²) in [7, 11) is 0. The molecule has 2 aromatic carbocycles. The number of carbonyl (C=O) groups is 1. The zero-order valence-corrected chi connectivity index (χ0v) is 16.9. The molecule has 4 rings (SSSR count). The van der Waals surface area contributed by atoms with Gasteiger partial charge in [0.05, 0.1) is 29.6 Å². The van der Waals surface area contributed by atoms with Gasteiger partial charge in [0.15, 0.2) is 0 Å². The molecular weight excluding hydrogens is 383 g/mol. The lowest BCUT2D eigenvalue weighted by atomic mass is 9.91. The van der Waals surface area contributed by atoms with Crippen molar-refractivity contribution < 1.29 is 14.3 Å². The van der Waals surface area contributed by atoms with Crippen LogP contribution in [-0.4, -0.2) is 20.6 Å². The average Bonchev–Trinajstić information content (AvgIpc) is 2.95. The lowest BCUT2D eigenvalue weighted by molar-refractivity contribution is -0.120. The third kappa shape index (κ3) is 3.66. The first-order chi connectivity index (χ1) is 14.3. The third-order valence-corrected chi connectivity index (χ3v) is 5.71. The summed E-state index contributed by atoms with van der Waals surface area (Å²) >= 11 is 0. The highest BCUT2D eigenvalue weighted by atomic mass is 19.1. The normalized spacial score (nSPS) is 16.0. The SMILES string of the molecule is [C-]#[N+]c1cc2c(cc1F)nc(NC(=O)C[C@](C)(O)c1cccc(C)c1)n2C1CCC1. The Morgan fingerprint density at radius 1 is 1.40 bits per heavy atom. The Hall–Kier alpha value is -3.24. The fraction of sp³-hybridized carbons (Fsp3) is 0.348. The highest BCUT2D eigenvalue weighted by Crippen LogP contribution is 2.39. The summed E-state index contributed by atoms with van der Waals surface area (Å²) in [5.41, 5.74) is 1.28. The van der Waals surface area contributed by atoms with E-state index in [4.69, 9.17) is 6.57 Å². The van der Waals surface area contributed by atoms with E-state index >= 15 is 0 Å². The molecule has 6 nitrogen and oxygen atoms in total. The van der Waals surface area contributed by atoms with Crippen molar-refractivity contribution in [3.63, 3.8) is 0 Å². The van der Waals surface area contributed by atoms with Crippen LogP contribution in [0.4, 0.5) is 16.0 Å². The van der Waals surface area contributed by atoms with Crippen molar-refractivity contribution in [2.24, 2.45) is 0 Å². The molecule has 3 aromatic rings. The molecular formula is C23H23FN4O2. The fourth-order valence-electron chi connectivity index (χ4n) is 3.86. The number of nitrogens with one attached hydrogen (secondary N) is 1. The number of carbonyl (C=O) groups excluding carboxylic acids is 1. The number of nitrogens with zero attached hydrogens (tertiary/aromatic N) is 3. The van der Waals surface area contributed by atoms with Crippen LogP contribution in [0.25, 0.3) is 15.9 Å². The Kier molecular flexibility index (Phi) is 5.04. The second kappa shape index (κ2) is 7.54. The standard InChI is InChI=1S/C23H23FN4O2/c1-14-6-4-7-15(10-14)23(2,30)13-21(29)27-22-26-19-11-17(24)18(25-3)12-20(19)28(22)16-8-5-9-16/h4,6-7,10-12,16,30H,5,8-9,13H2,1-2H3,(H,26,27,29)/t23-/m0/s1. The number of imidazole rings is 1. The van der Waals surface area contributed by atoms with Gasteiger partial charge in [0, 0.05) is 6.04 Å². The minimum atomic E-state index is -1.34. The molecule has 0 unspecified atom stereocenters. The number of fused-ring (bicyclic) bond motifs is 1. The molecule has 1 aliphatic carbocycles. The molecule has 1 aromatic heterocycles. The molecule has 2 N–H and O–H groups in total. The summed E-state index contributed by atoms with van der Waals surface area (Å²) in [6.07, 6.45) is 2.78. The first kappa shape index (κ1) is 20.0. The molecule has 154 valence electrons. The number of aromatic nitrogens is 2. The number of rotatable bonds is 5. The molecule has 1 saturated carbocycles. The molecule has 1 atom stereocenters. The zero-order valence-electron chi connectivity index (χ0n) is 16.9. The maximum absolute atomic E-state index is 14.1. The number of hydrogen-bond donors (Lipinski definition) is 2. The summed E-state index contributed by atoms with van der Waals surface area (Å²) in [6, 6.07) is 10.3. The van der Waals surface area contributed by atoms with Gasteiger partial charge in [0.1, 0.15) is 5.82 Å². The first-order valence-corrected chi connectivity index (χ1v) is 9.97. The van der Waals surface area contributed by atoms with Crippen LogP contribution in [0.5, 0.6) is 0 Å². The lowest BCUT2D eigenvalue weighted by Crippen LogP contribution is -2.30. The van der Waals surface area contributed by atoms with E-state index in [2.05, 4.69) is 15.1 Å². The van der Waals surface area contributed by atoms with Crippen molar-refractivity contribution in [2.75, 3.05) is 5.32 Å². The van der Waals surface area contributed by atoms with Gasteiger partial charge in [-0.1, -0.05) is 29.8 Å². The van der Waals surface area contributed by atoms with Crippen LogP contribution in [-0.2, 0) is 10.4 Å². The van der Waals surface area contributed by atoms with E-state index < -0.39 is 11.4 Å². The summed E-state index contributed by atoms with van der Waals surface area (Å²) in [5.74, 6) is -0.694. The number of aryl methyl sites for hydroxylation is 1. The van der Waals surface area contributed by atoms with E-state index in [0.717, 1.165) is 24.8 Å². The van der Waals surface area contributed by atoms with Gasteiger partial charge < -0.3 is 9.67 Å². The molecule has 1 amide bonds. The number of halogens is 1. The van der Waals surface area contributed by atoms with E-state index in [-0.39, 0.29) is 24.1 Å². The van der Waals surface area contributed by atoms with Crippen LogP contribution in [0.3, 0.4) is 0 Å². The van der Waals surface area contributed by atoms with Crippen molar-refractivity contribution in [1.29, 1.82) is 0 Å². The highest BCUT2D eigenvalue weighted by Gasteiger charge is 2.30. The van der Waals surface area contributed by atoms with Crippen molar-refractivity contribution in [2.45, 2.75) is 51.2 Å². The van der Waals surface area contributed by atoms with Crippen LogP contribution in [0.2, 0.25) is 0 Å². The predicted octanol–water partition coefficient (Wildman–Crippen LogP) is 5.00. The van der Waals surface area contributed by atoms with Crippen molar-refractivity contribution >= 4 is 28.6 Å². The number of hydrogen-bond acceptors (Lipinski definition) is 3. The van der Waals surface area contributed by atoms with Gasteiger partial charge in [0.25, 0.3) is 0 Å². The molecule has 7 heteroatoms. The summed E-state index contributed by atoms with van der Waals surface area (Å²) in [5, 5.41) is 13.7. The van der Waals surface area contributed by atoms with Crippen LogP contribution in [0.15, 0.2) is 36.4 Å². The van der Waals surface area contributed by atoms with Gasteiger partial charge in [-0.05, 0) is 50.8 Å². The van der Waals surface area contributed by atoms with Gasteiger partial charge >= 0.3 is 0 Å². The quantitative estimate of drug-likeness (QED) is 0.586. The van der Waals surface area contributed by atoms with Crippen LogP contribution < -0.4 is 5.32 Å². The topological polar surface area (TPSA) is 71.5 Å². The van der Waals surface area contributed by atoms with E-state index in [1.54, 1.807) is 13.0 Å². The predicted molar refractivity (Wildman–Crippen MR) is 113 cm³/mol. The van der Waals surface area contributed by atoms with Crippen molar-refractivity contribution in [3.05, 3.63) is 64.8 Å². The Balaban J connectivity index is 1.64. The Bertz CT molecular complexity index is 1170. The minimum Gasteiger partial charge on any atom is -0.385 e. The largest absolute Gasteiger partial charge is 0.385 e. The van der Waals surface area contributed by atoms with Crippen molar-refractivity contribution in [1.82, 2.24) is 9.55 Å². The van der Waals surface area contributed by atoms with Gasteiger partial charge in [-0.2, -0.15) is 0 Å². The van der Waals surface area contributed by atoms with Gasteiger partial charge in [-0.3, -0.25) is 10.1 Å². The van der Waals surface area contributed by atoms with Gasteiger partial charge in [-0.25, -0.2) is 14.2 Å². The molecule has 0 spiro atoms. The second-order valence-electron chi connectivity index (χ2n) is 8.16. The summed E-state index contributed by atoms with van der Waals surface area (Å²) in [6.45, 7) is 10.7.